The third-order valence-electron chi connectivity index (χ3n) is 3.65. The minimum atomic E-state index is -0.261. The lowest BCUT2D eigenvalue weighted by Crippen LogP contribution is -2.92. The third kappa shape index (κ3) is 3.46. The van der Waals surface area contributed by atoms with Crippen LogP contribution in [0.3, 0.4) is 0 Å². The van der Waals surface area contributed by atoms with Crippen molar-refractivity contribution in [2.24, 2.45) is 21.6 Å². The van der Waals surface area contributed by atoms with Crippen LogP contribution in [0.5, 0.6) is 0 Å². The molecule has 0 amide bonds. The van der Waals surface area contributed by atoms with Gasteiger partial charge in [0.2, 0.25) is 17.6 Å². The average Bonchev–Trinajstić information content (AvgIpc) is 2.45. The summed E-state index contributed by atoms with van der Waals surface area (Å²) in [5, 5.41) is 28.5. The van der Waals surface area contributed by atoms with E-state index in [1.54, 1.807) is 11.4 Å². The lowest BCUT2D eigenvalue weighted by Gasteiger charge is -2.19. The molecule has 2 aliphatic rings. The highest BCUT2D eigenvalue weighted by Gasteiger charge is 2.26. The van der Waals surface area contributed by atoms with Crippen molar-refractivity contribution >= 4 is 23.3 Å². The molecule has 0 fully saturated rings. The molecular weight excluding hydrogens is 294 g/mol. The van der Waals surface area contributed by atoms with Crippen molar-refractivity contribution in [2.75, 3.05) is 0 Å². The topological polar surface area (TPSA) is 132 Å². The zero-order chi connectivity index (χ0) is 16.4. The van der Waals surface area contributed by atoms with E-state index in [0.29, 0.717) is 18.7 Å². The number of allylic oxidation sites excluding steroid dienone is 3. The fraction of sp³-hybridized carbons (Fsp3) is 0.188. The maximum absolute atomic E-state index is 9.65. The van der Waals surface area contributed by atoms with E-state index in [-0.39, 0.29) is 23.4 Å². The molecule has 7 nitrogen and oxygen atoms in total. The van der Waals surface area contributed by atoms with E-state index in [1.807, 2.05) is 24.3 Å². The summed E-state index contributed by atoms with van der Waals surface area (Å²) >= 11 is 0. The number of quaternary nitrogens is 1. The molecule has 7 N–H and O–H groups in total. The van der Waals surface area contributed by atoms with E-state index >= 15 is 0 Å². The number of amidine groups is 2. The zero-order valence-corrected chi connectivity index (χ0v) is 12.4. The number of hydrogen-bond acceptors (Lipinski definition) is 4. The summed E-state index contributed by atoms with van der Waals surface area (Å²) < 4.78 is 0. The number of aliphatic imine (C=N–C) groups is 2. The number of nitrogens with one attached hydrogen (secondary N) is 1. The van der Waals surface area contributed by atoms with Crippen LogP contribution in [0.2, 0.25) is 0 Å². The predicted octanol–water partition coefficient (Wildman–Crippen LogP) is 1.23. The Bertz CT molecular complexity index is 776. The minimum absolute atomic E-state index is 0.0427. The van der Waals surface area contributed by atoms with Gasteiger partial charge in [-0.3, -0.25) is 10.7 Å². The van der Waals surface area contributed by atoms with Crippen LogP contribution < -0.4 is 11.1 Å². The maximum Gasteiger partial charge on any atom is 0.243 e. The first-order valence-corrected chi connectivity index (χ1v) is 7.26. The highest BCUT2D eigenvalue weighted by atomic mass is 16.3. The zero-order valence-electron chi connectivity index (χ0n) is 12.4. The Morgan fingerprint density at radius 1 is 1.39 bits per heavy atom. The van der Waals surface area contributed by atoms with Crippen LogP contribution in [0.4, 0.5) is 5.69 Å². The molecule has 1 heterocycles. The Hall–Kier alpha value is -2.93. The van der Waals surface area contributed by atoms with Crippen LogP contribution >= 0.6 is 0 Å². The summed E-state index contributed by atoms with van der Waals surface area (Å²) in [7, 11) is 0. The Balaban J connectivity index is 1.88. The van der Waals surface area contributed by atoms with E-state index in [9.17, 15) is 10.2 Å². The Kier molecular flexibility index (Phi) is 3.94. The number of guanidine groups is 1. The number of aliphatic hydroxyl groups excluding tert-OH is 2. The highest BCUT2D eigenvalue weighted by Crippen LogP contribution is 2.25. The SMILES string of the molecule is N=C(N)N=C1[NH2+]C(CC2C=C(O)C=C(O)C2)=Nc2ccccc21. The van der Waals surface area contributed by atoms with Crippen LogP contribution in [0, 0.1) is 11.3 Å². The standard InChI is InChI=1S/C16H17N5O2/c17-16(18)21-15-12-3-1-2-4-13(12)19-14(20-15)7-9-5-10(22)8-11(23)6-9/h1-5,8-9,22-23H,6-7H2,(H4,17,18,19,20,21)/p+1. The third-order valence-corrected chi connectivity index (χ3v) is 3.65. The molecule has 0 saturated carbocycles. The molecule has 7 heteroatoms. The number of para-hydroxylation sites is 1. The number of nitrogens with two attached hydrogens (primary N) is 2. The van der Waals surface area contributed by atoms with Gasteiger partial charge in [-0.15, -0.1) is 0 Å². The first kappa shape index (κ1) is 15.0. The Labute approximate surface area is 133 Å². The molecule has 3 rings (SSSR count). The highest BCUT2D eigenvalue weighted by molar-refractivity contribution is 6.08. The van der Waals surface area contributed by atoms with E-state index in [1.165, 1.54) is 6.08 Å². The molecule has 1 unspecified atom stereocenters. The predicted molar refractivity (Wildman–Crippen MR) is 88.1 cm³/mol. The summed E-state index contributed by atoms with van der Waals surface area (Å²) in [6, 6.07) is 7.53. The van der Waals surface area contributed by atoms with E-state index in [0.717, 1.165) is 17.1 Å². The smallest absolute Gasteiger partial charge is 0.243 e. The van der Waals surface area contributed by atoms with Gasteiger partial charge >= 0.3 is 0 Å². The number of rotatable bonds is 2. The van der Waals surface area contributed by atoms with Crippen LogP contribution in [-0.2, 0) is 0 Å². The lowest BCUT2D eigenvalue weighted by atomic mass is 9.94. The van der Waals surface area contributed by atoms with Gasteiger partial charge in [-0.05, 0) is 24.1 Å². The first-order chi connectivity index (χ1) is 11.0. The summed E-state index contributed by atoms with van der Waals surface area (Å²) in [6.07, 6.45) is 4.06. The molecule has 1 aromatic carbocycles. The lowest BCUT2D eigenvalue weighted by molar-refractivity contribution is -0.410. The number of aliphatic hydroxyl groups is 2. The van der Waals surface area contributed by atoms with Crippen molar-refractivity contribution in [2.45, 2.75) is 12.8 Å². The quantitative estimate of drug-likeness (QED) is 0.415. The van der Waals surface area contributed by atoms with Gasteiger partial charge in [-0.2, -0.15) is 9.98 Å². The van der Waals surface area contributed by atoms with Gasteiger partial charge in [-0.1, -0.05) is 12.1 Å². The summed E-state index contributed by atoms with van der Waals surface area (Å²) in [5.74, 6) is 1.29. The molecule has 0 aromatic heterocycles. The average molecular weight is 312 g/mol. The molecule has 0 bridgehead atoms. The summed E-state index contributed by atoms with van der Waals surface area (Å²) in [5.41, 5.74) is 7.00. The summed E-state index contributed by atoms with van der Waals surface area (Å²) in [6.45, 7) is 0. The van der Waals surface area contributed by atoms with Gasteiger partial charge in [0.25, 0.3) is 0 Å². The van der Waals surface area contributed by atoms with Crippen molar-refractivity contribution < 1.29 is 15.5 Å². The number of benzene rings is 1. The molecule has 1 aliphatic heterocycles. The van der Waals surface area contributed by atoms with Crippen LogP contribution in [0.25, 0.3) is 0 Å². The maximum atomic E-state index is 9.65. The van der Waals surface area contributed by atoms with Crippen molar-refractivity contribution in [1.82, 2.24) is 0 Å². The van der Waals surface area contributed by atoms with E-state index in [2.05, 4.69) is 9.98 Å². The van der Waals surface area contributed by atoms with Crippen molar-refractivity contribution in [3.8, 4) is 0 Å². The second-order valence-corrected chi connectivity index (χ2v) is 5.54. The fourth-order valence-electron chi connectivity index (χ4n) is 2.78. The van der Waals surface area contributed by atoms with Gasteiger partial charge in [0, 0.05) is 18.9 Å². The number of fused-ring (bicyclic) bond motifs is 1. The second-order valence-electron chi connectivity index (χ2n) is 5.54. The molecule has 0 spiro atoms. The van der Waals surface area contributed by atoms with Gasteiger partial charge in [-0.25, -0.2) is 0 Å². The Morgan fingerprint density at radius 3 is 2.91 bits per heavy atom. The number of hydrogen-bond donors (Lipinski definition) is 5. The van der Waals surface area contributed by atoms with Crippen LogP contribution in [0.1, 0.15) is 18.4 Å². The van der Waals surface area contributed by atoms with Crippen molar-refractivity contribution in [1.29, 1.82) is 5.41 Å². The van der Waals surface area contributed by atoms with E-state index < -0.39 is 0 Å². The molecule has 1 aromatic rings. The second kappa shape index (κ2) is 6.05. The van der Waals surface area contributed by atoms with Gasteiger partial charge in [0.15, 0.2) is 0 Å². The van der Waals surface area contributed by atoms with Gasteiger partial charge < -0.3 is 15.9 Å². The monoisotopic (exact) mass is 312 g/mol. The minimum Gasteiger partial charge on any atom is -0.512 e. The van der Waals surface area contributed by atoms with Crippen molar-refractivity contribution in [3.63, 3.8) is 0 Å². The molecule has 0 radical (unpaired) electrons. The van der Waals surface area contributed by atoms with E-state index in [4.69, 9.17) is 11.1 Å². The molecule has 1 aliphatic carbocycles. The molecule has 0 saturated heterocycles. The van der Waals surface area contributed by atoms with Crippen LogP contribution in [-0.4, -0.2) is 27.8 Å². The Morgan fingerprint density at radius 2 is 2.17 bits per heavy atom. The molecular formula is C16H18N5O2+. The number of nitrogens with zero attached hydrogens (tertiary/aromatic N) is 2. The summed E-state index contributed by atoms with van der Waals surface area (Å²) in [4.78, 5) is 8.67. The van der Waals surface area contributed by atoms with Crippen LogP contribution in [0.15, 0.2) is 57.9 Å². The normalized spacial score (nSPS) is 22.0. The van der Waals surface area contributed by atoms with Gasteiger partial charge in [0.05, 0.1) is 17.0 Å². The molecule has 1 atom stereocenters. The first-order valence-electron chi connectivity index (χ1n) is 7.26. The molecule has 23 heavy (non-hydrogen) atoms. The largest absolute Gasteiger partial charge is 0.512 e. The van der Waals surface area contributed by atoms with Crippen molar-refractivity contribution in [3.05, 3.63) is 53.5 Å². The van der Waals surface area contributed by atoms with Gasteiger partial charge in [0.1, 0.15) is 5.76 Å². The fourth-order valence-corrected chi connectivity index (χ4v) is 2.78. The molecule has 118 valence electrons.